The molecule has 1 amide bonds. The topological polar surface area (TPSA) is 144 Å². The van der Waals surface area contributed by atoms with Gasteiger partial charge < -0.3 is 14.4 Å². The number of nitro benzene ring substituents is 1. The van der Waals surface area contributed by atoms with Gasteiger partial charge in [0, 0.05) is 36.5 Å². The van der Waals surface area contributed by atoms with Gasteiger partial charge in [0.15, 0.2) is 0 Å². The summed E-state index contributed by atoms with van der Waals surface area (Å²) in [7, 11) is -4.12. The van der Waals surface area contributed by atoms with Crippen molar-refractivity contribution in [3.05, 3.63) is 88.5 Å². The first-order valence-corrected chi connectivity index (χ1v) is 14.0. The zero-order valence-electron chi connectivity index (χ0n) is 21.8. The smallest absolute Gasteiger partial charge is 0.270 e. The van der Waals surface area contributed by atoms with Crippen LogP contribution in [0.15, 0.2) is 82.8 Å². The van der Waals surface area contributed by atoms with Crippen LogP contribution in [0.5, 0.6) is 5.75 Å². The number of para-hydroxylation sites is 1. The summed E-state index contributed by atoms with van der Waals surface area (Å²) < 4.78 is 38.8. The Morgan fingerprint density at radius 2 is 1.82 bits per heavy atom. The normalized spacial score (nSPS) is 13.7. The monoisotopic (exact) mass is 567 g/mol. The SMILES string of the molecule is CCOc1ccc(S(=O)(=O)N(CC(=O)N/N=C/c2cc([N+](=O)[O-])ccc2N2CCOCC2)c2ccccc2)cc1. The number of ether oxygens (including phenoxy) is 2. The zero-order chi connectivity index (χ0) is 28.5. The van der Waals surface area contributed by atoms with Crippen molar-refractivity contribution < 1.29 is 27.6 Å². The number of anilines is 2. The fourth-order valence-corrected chi connectivity index (χ4v) is 5.52. The molecular weight excluding hydrogens is 538 g/mol. The van der Waals surface area contributed by atoms with E-state index in [1.807, 2.05) is 11.8 Å². The first-order valence-electron chi connectivity index (χ1n) is 12.5. The summed E-state index contributed by atoms with van der Waals surface area (Å²) in [6.07, 6.45) is 1.31. The summed E-state index contributed by atoms with van der Waals surface area (Å²) in [5.74, 6) is -0.176. The number of carbonyl (C=O) groups is 1. The average Bonchev–Trinajstić information content (AvgIpc) is 2.97. The van der Waals surface area contributed by atoms with Crippen LogP contribution in [0.3, 0.4) is 0 Å². The molecule has 0 aliphatic carbocycles. The van der Waals surface area contributed by atoms with E-state index in [1.165, 1.54) is 30.5 Å². The Bertz CT molecular complexity index is 1460. The standard InChI is InChI=1S/C27H29N5O7S/c1-2-39-24-9-11-25(12-10-24)40(36,37)31(22-6-4-3-5-7-22)20-27(33)29-28-19-21-18-23(32(34)35)8-13-26(21)30-14-16-38-17-15-30/h3-13,18-19H,2,14-17,20H2,1H3,(H,29,33)/b28-19+. The highest BCUT2D eigenvalue weighted by Gasteiger charge is 2.27. The molecule has 0 aromatic heterocycles. The molecule has 3 aromatic carbocycles. The molecule has 1 saturated heterocycles. The van der Waals surface area contributed by atoms with Gasteiger partial charge in [-0.15, -0.1) is 0 Å². The number of nitrogens with zero attached hydrogens (tertiary/aromatic N) is 4. The Labute approximate surface area is 232 Å². The van der Waals surface area contributed by atoms with E-state index in [0.29, 0.717) is 55.6 Å². The zero-order valence-corrected chi connectivity index (χ0v) is 22.6. The van der Waals surface area contributed by atoms with Crippen molar-refractivity contribution in [2.75, 3.05) is 48.7 Å². The van der Waals surface area contributed by atoms with Gasteiger partial charge in [-0.2, -0.15) is 5.10 Å². The van der Waals surface area contributed by atoms with Gasteiger partial charge in [0.1, 0.15) is 12.3 Å². The lowest BCUT2D eigenvalue weighted by Gasteiger charge is -2.29. The number of carbonyl (C=O) groups excluding carboxylic acids is 1. The van der Waals surface area contributed by atoms with Crippen LogP contribution in [0.4, 0.5) is 17.1 Å². The van der Waals surface area contributed by atoms with Gasteiger partial charge in [-0.05, 0) is 49.4 Å². The third kappa shape index (κ3) is 6.93. The van der Waals surface area contributed by atoms with E-state index < -0.39 is 27.4 Å². The lowest BCUT2D eigenvalue weighted by Crippen LogP contribution is -2.39. The van der Waals surface area contributed by atoms with Gasteiger partial charge in [0.2, 0.25) is 0 Å². The lowest BCUT2D eigenvalue weighted by molar-refractivity contribution is -0.384. The van der Waals surface area contributed by atoms with Crippen LogP contribution in [-0.4, -0.2) is 64.9 Å². The maximum Gasteiger partial charge on any atom is 0.270 e. The molecule has 0 atom stereocenters. The van der Waals surface area contributed by atoms with E-state index in [4.69, 9.17) is 9.47 Å². The molecular formula is C27H29N5O7S. The first-order chi connectivity index (χ1) is 19.3. The molecule has 0 saturated carbocycles. The highest BCUT2D eigenvalue weighted by Crippen LogP contribution is 2.26. The van der Waals surface area contributed by atoms with Crippen LogP contribution in [0, 0.1) is 10.1 Å². The van der Waals surface area contributed by atoms with E-state index in [1.54, 1.807) is 48.5 Å². The Hall–Kier alpha value is -4.49. The Balaban J connectivity index is 1.55. The number of nitrogens with one attached hydrogen (secondary N) is 1. The Kier molecular flexibility index (Phi) is 9.30. The first kappa shape index (κ1) is 28.5. The molecule has 4 rings (SSSR count). The molecule has 12 nitrogen and oxygen atoms in total. The molecule has 1 N–H and O–H groups in total. The lowest BCUT2D eigenvalue weighted by atomic mass is 10.1. The van der Waals surface area contributed by atoms with E-state index >= 15 is 0 Å². The molecule has 0 spiro atoms. The number of sulfonamides is 1. The summed E-state index contributed by atoms with van der Waals surface area (Å²) in [4.78, 5) is 25.7. The minimum Gasteiger partial charge on any atom is -0.494 e. The quantitative estimate of drug-likeness (QED) is 0.211. The Morgan fingerprint density at radius 1 is 1.12 bits per heavy atom. The third-order valence-electron chi connectivity index (χ3n) is 6.02. The number of non-ortho nitro benzene ring substituents is 1. The van der Waals surface area contributed by atoms with Gasteiger partial charge in [-0.1, -0.05) is 18.2 Å². The molecule has 13 heteroatoms. The number of hydrogen-bond acceptors (Lipinski definition) is 9. The van der Waals surface area contributed by atoms with E-state index in [-0.39, 0.29) is 10.6 Å². The fraction of sp³-hybridized carbons (Fsp3) is 0.259. The third-order valence-corrected chi connectivity index (χ3v) is 7.81. The predicted molar refractivity (Wildman–Crippen MR) is 150 cm³/mol. The highest BCUT2D eigenvalue weighted by atomic mass is 32.2. The molecule has 0 unspecified atom stereocenters. The number of benzene rings is 3. The molecule has 0 bridgehead atoms. The van der Waals surface area contributed by atoms with Crippen molar-refractivity contribution >= 4 is 39.2 Å². The summed E-state index contributed by atoms with van der Waals surface area (Å²) in [6, 6.07) is 18.6. The number of nitro groups is 1. The van der Waals surface area contributed by atoms with Crippen molar-refractivity contribution in [1.29, 1.82) is 0 Å². The average molecular weight is 568 g/mol. The molecule has 1 heterocycles. The molecule has 1 fully saturated rings. The van der Waals surface area contributed by atoms with Crippen molar-refractivity contribution in [1.82, 2.24) is 5.43 Å². The number of rotatable bonds is 11. The van der Waals surface area contributed by atoms with Crippen molar-refractivity contribution in [2.24, 2.45) is 5.10 Å². The van der Waals surface area contributed by atoms with Gasteiger partial charge in [0.05, 0.1) is 41.5 Å². The van der Waals surface area contributed by atoms with Crippen molar-refractivity contribution in [2.45, 2.75) is 11.8 Å². The van der Waals surface area contributed by atoms with Crippen LogP contribution >= 0.6 is 0 Å². The number of hydrogen-bond donors (Lipinski definition) is 1. The maximum absolute atomic E-state index is 13.5. The second kappa shape index (κ2) is 13.0. The van der Waals surface area contributed by atoms with Crippen LogP contribution in [0.25, 0.3) is 0 Å². The molecule has 210 valence electrons. The second-order valence-electron chi connectivity index (χ2n) is 8.64. The number of amides is 1. The molecule has 40 heavy (non-hydrogen) atoms. The van der Waals surface area contributed by atoms with Crippen LogP contribution < -0.4 is 19.4 Å². The number of morpholine rings is 1. The predicted octanol–water partition coefficient (Wildman–Crippen LogP) is 3.18. The molecule has 1 aliphatic rings. The summed E-state index contributed by atoms with van der Waals surface area (Å²) in [5.41, 5.74) is 3.66. The number of hydrazone groups is 1. The van der Waals surface area contributed by atoms with E-state index in [9.17, 15) is 23.3 Å². The second-order valence-corrected chi connectivity index (χ2v) is 10.5. The van der Waals surface area contributed by atoms with Crippen molar-refractivity contribution in [3.8, 4) is 5.75 Å². The van der Waals surface area contributed by atoms with E-state index in [0.717, 1.165) is 4.31 Å². The minimum atomic E-state index is -4.12. The van der Waals surface area contributed by atoms with Gasteiger partial charge in [0.25, 0.3) is 21.6 Å². The maximum atomic E-state index is 13.5. The van der Waals surface area contributed by atoms with Crippen LogP contribution in [0.1, 0.15) is 12.5 Å². The summed E-state index contributed by atoms with van der Waals surface area (Å²) in [6.45, 7) is 3.94. The van der Waals surface area contributed by atoms with Gasteiger partial charge in [-0.3, -0.25) is 19.2 Å². The van der Waals surface area contributed by atoms with E-state index in [2.05, 4.69) is 10.5 Å². The van der Waals surface area contributed by atoms with Crippen LogP contribution in [-0.2, 0) is 19.6 Å². The van der Waals surface area contributed by atoms with Gasteiger partial charge >= 0.3 is 0 Å². The summed E-state index contributed by atoms with van der Waals surface area (Å²) in [5, 5.41) is 15.3. The highest BCUT2D eigenvalue weighted by molar-refractivity contribution is 7.92. The molecule has 1 aliphatic heterocycles. The minimum absolute atomic E-state index is 0.0112. The summed E-state index contributed by atoms with van der Waals surface area (Å²) >= 11 is 0. The van der Waals surface area contributed by atoms with Crippen molar-refractivity contribution in [3.63, 3.8) is 0 Å². The Morgan fingerprint density at radius 3 is 2.48 bits per heavy atom. The largest absolute Gasteiger partial charge is 0.494 e. The van der Waals surface area contributed by atoms with Crippen LogP contribution in [0.2, 0.25) is 0 Å². The molecule has 3 aromatic rings. The molecule has 0 radical (unpaired) electrons. The van der Waals surface area contributed by atoms with Gasteiger partial charge in [-0.25, -0.2) is 13.8 Å². The fourth-order valence-electron chi connectivity index (χ4n) is 4.10.